The molecule has 1 amide bonds. The number of hydrogen-bond acceptors (Lipinski definition) is 5. The van der Waals surface area contributed by atoms with Crippen molar-refractivity contribution in [2.24, 2.45) is 0 Å². The second kappa shape index (κ2) is 9.62. The minimum atomic E-state index is -3.75. The molecule has 2 heterocycles. The molecular weight excluding hydrogens is 462 g/mol. The van der Waals surface area contributed by atoms with Gasteiger partial charge in [0.1, 0.15) is 5.75 Å². The molecule has 1 saturated heterocycles. The second-order valence-corrected chi connectivity index (χ2v) is 10.7. The maximum Gasteiger partial charge on any atom is 0.264 e. The Balaban J connectivity index is 1.32. The van der Waals surface area contributed by atoms with E-state index >= 15 is 0 Å². The maximum atomic E-state index is 13.4. The average molecular weight is 492 g/mol. The molecule has 0 bridgehead atoms. The molecule has 0 spiro atoms. The van der Waals surface area contributed by atoms with E-state index in [1.165, 1.54) is 10.4 Å². The van der Waals surface area contributed by atoms with Crippen molar-refractivity contribution in [3.8, 4) is 5.75 Å². The van der Waals surface area contributed by atoms with Gasteiger partial charge in [-0.3, -0.25) is 9.10 Å². The van der Waals surface area contributed by atoms with E-state index in [0.717, 1.165) is 35.7 Å². The van der Waals surface area contributed by atoms with E-state index in [1.807, 2.05) is 53.4 Å². The summed E-state index contributed by atoms with van der Waals surface area (Å²) in [5.41, 5.74) is 3.24. The lowest BCUT2D eigenvalue weighted by molar-refractivity contribution is 0.0766. The third-order valence-electron chi connectivity index (χ3n) is 6.73. The van der Waals surface area contributed by atoms with Crippen LogP contribution >= 0.6 is 0 Å². The number of fused-ring (bicyclic) bond motifs is 1. The summed E-state index contributed by atoms with van der Waals surface area (Å²) in [6.45, 7) is 3.16. The molecule has 35 heavy (non-hydrogen) atoms. The normalized spacial score (nSPS) is 16.1. The topological polar surface area (TPSA) is 70.2 Å². The molecule has 3 aromatic rings. The molecule has 0 saturated carbocycles. The molecule has 0 atom stereocenters. The van der Waals surface area contributed by atoms with Crippen LogP contribution in [0.15, 0.2) is 77.7 Å². The first kappa shape index (κ1) is 23.2. The highest BCUT2D eigenvalue weighted by Crippen LogP contribution is 2.33. The number of para-hydroxylation sites is 1. The lowest BCUT2D eigenvalue weighted by Crippen LogP contribution is -2.35. The molecule has 5 rings (SSSR count). The largest absolute Gasteiger partial charge is 0.497 e. The Labute approximate surface area is 206 Å². The first-order chi connectivity index (χ1) is 17.0. The van der Waals surface area contributed by atoms with Crippen molar-refractivity contribution in [2.45, 2.75) is 17.7 Å². The smallest absolute Gasteiger partial charge is 0.264 e. The molecule has 0 aliphatic carbocycles. The molecule has 182 valence electrons. The number of ether oxygens (including phenoxy) is 1. The van der Waals surface area contributed by atoms with Crippen molar-refractivity contribution in [1.82, 2.24) is 4.90 Å². The predicted octanol–water partition coefficient (Wildman–Crippen LogP) is 3.80. The van der Waals surface area contributed by atoms with E-state index in [1.54, 1.807) is 25.3 Å². The van der Waals surface area contributed by atoms with Crippen LogP contribution in [0.25, 0.3) is 0 Å². The number of sulfonamides is 1. The lowest BCUT2D eigenvalue weighted by Gasteiger charge is -2.24. The molecule has 0 N–H and O–H groups in total. The molecule has 2 aliphatic heterocycles. The van der Waals surface area contributed by atoms with Crippen LogP contribution in [0.3, 0.4) is 0 Å². The van der Waals surface area contributed by atoms with E-state index in [0.29, 0.717) is 38.2 Å². The van der Waals surface area contributed by atoms with Gasteiger partial charge in [-0.1, -0.05) is 24.3 Å². The minimum absolute atomic E-state index is 0.138. The van der Waals surface area contributed by atoms with Crippen molar-refractivity contribution in [2.75, 3.05) is 49.0 Å². The van der Waals surface area contributed by atoms with Gasteiger partial charge in [0.25, 0.3) is 15.9 Å². The van der Waals surface area contributed by atoms with E-state index in [2.05, 4.69) is 4.90 Å². The fourth-order valence-corrected chi connectivity index (χ4v) is 6.38. The number of benzene rings is 3. The Hall–Kier alpha value is -3.52. The molecule has 1 fully saturated rings. The van der Waals surface area contributed by atoms with Gasteiger partial charge in [0.05, 0.1) is 17.7 Å². The molecular formula is C27H29N3O4S. The van der Waals surface area contributed by atoms with Gasteiger partial charge < -0.3 is 14.5 Å². The summed E-state index contributed by atoms with van der Waals surface area (Å²) in [7, 11) is -2.10. The quantitative estimate of drug-likeness (QED) is 0.543. The number of hydrogen-bond donors (Lipinski definition) is 0. The van der Waals surface area contributed by atoms with Crippen LogP contribution < -0.4 is 13.9 Å². The van der Waals surface area contributed by atoms with Gasteiger partial charge in [-0.2, -0.15) is 0 Å². The van der Waals surface area contributed by atoms with Gasteiger partial charge in [-0.25, -0.2) is 8.42 Å². The van der Waals surface area contributed by atoms with Gasteiger partial charge in [0.2, 0.25) is 0 Å². The summed E-state index contributed by atoms with van der Waals surface area (Å²) in [5, 5.41) is 0. The third-order valence-corrected chi connectivity index (χ3v) is 8.54. The van der Waals surface area contributed by atoms with Crippen molar-refractivity contribution >= 4 is 27.3 Å². The minimum Gasteiger partial charge on any atom is -0.497 e. The Morgan fingerprint density at radius 2 is 1.66 bits per heavy atom. The number of rotatable bonds is 5. The highest BCUT2D eigenvalue weighted by atomic mass is 32.2. The molecule has 0 radical (unpaired) electrons. The Kier molecular flexibility index (Phi) is 6.38. The summed E-state index contributed by atoms with van der Waals surface area (Å²) < 4.78 is 33.6. The zero-order valence-electron chi connectivity index (χ0n) is 19.8. The van der Waals surface area contributed by atoms with E-state index in [-0.39, 0.29) is 10.8 Å². The second-order valence-electron chi connectivity index (χ2n) is 8.81. The fourth-order valence-electron chi connectivity index (χ4n) is 4.83. The summed E-state index contributed by atoms with van der Waals surface area (Å²) >= 11 is 0. The third kappa shape index (κ3) is 4.58. The highest BCUT2D eigenvalue weighted by Gasteiger charge is 2.31. The van der Waals surface area contributed by atoms with Gasteiger partial charge in [-0.05, 0) is 66.9 Å². The molecule has 8 heteroatoms. The van der Waals surface area contributed by atoms with Gasteiger partial charge in [0, 0.05) is 44.0 Å². The summed E-state index contributed by atoms with van der Waals surface area (Å²) in [6.07, 6.45) is 1.52. The zero-order valence-corrected chi connectivity index (χ0v) is 20.6. The van der Waals surface area contributed by atoms with Crippen LogP contribution in [-0.2, 0) is 16.4 Å². The SMILES string of the molecule is COc1ccc(N2CCCN(C(=O)c3cccc(S(=O)(=O)N4CCc5ccccc54)c3)CC2)cc1. The monoisotopic (exact) mass is 491 g/mol. The van der Waals surface area contributed by atoms with E-state index in [4.69, 9.17) is 4.74 Å². The van der Waals surface area contributed by atoms with Gasteiger partial charge in [0.15, 0.2) is 0 Å². The van der Waals surface area contributed by atoms with Crippen molar-refractivity contribution in [3.63, 3.8) is 0 Å². The predicted molar refractivity (Wildman–Crippen MR) is 137 cm³/mol. The summed E-state index contributed by atoms with van der Waals surface area (Å²) in [5.74, 6) is 0.674. The van der Waals surface area contributed by atoms with E-state index < -0.39 is 10.0 Å². The Bertz CT molecular complexity index is 1320. The van der Waals surface area contributed by atoms with Gasteiger partial charge in [-0.15, -0.1) is 0 Å². The summed E-state index contributed by atoms with van der Waals surface area (Å²) in [6, 6.07) is 21.9. The van der Waals surface area contributed by atoms with Crippen LogP contribution in [0.1, 0.15) is 22.3 Å². The first-order valence-corrected chi connectivity index (χ1v) is 13.3. The van der Waals surface area contributed by atoms with Crippen molar-refractivity contribution < 1.29 is 17.9 Å². The van der Waals surface area contributed by atoms with Crippen LogP contribution in [-0.4, -0.2) is 59.1 Å². The fraction of sp³-hybridized carbons (Fsp3) is 0.296. The number of carbonyl (C=O) groups excluding carboxylic acids is 1. The van der Waals surface area contributed by atoms with Crippen molar-refractivity contribution in [3.05, 3.63) is 83.9 Å². The van der Waals surface area contributed by atoms with Crippen LogP contribution in [0.5, 0.6) is 5.75 Å². The van der Waals surface area contributed by atoms with Crippen LogP contribution in [0, 0.1) is 0 Å². The van der Waals surface area contributed by atoms with Gasteiger partial charge >= 0.3 is 0 Å². The number of carbonyl (C=O) groups is 1. The number of amides is 1. The van der Waals surface area contributed by atoms with Crippen LogP contribution in [0.4, 0.5) is 11.4 Å². The van der Waals surface area contributed by atoms with E-state index in [9.17, 15) is 13.2 Å². The van der Waals surface area contributed by atoms with Crippen molar-refractivity contribution in [1.29, 1.82) is 0 Å². The number of nitrogens with zero attached hydrogens (tertiary/aromatic N) is 3. The zero-order chi connectivity index (χ0) is 24.4. The average Bonchev–Trinajstić information content (AvgIpc) is 3.19. The lowest BCUT2D eigenvalue weighted by atomic mass is 10.2. The number of anilines is 2. The Morgan fingerprint density at radius 3 is 2.46 bits per heavy atom. The highest BCUT2D eigenvalue weighted by molar-refractivity contribution is 7.92. The Morgan fingerprint density at radius 1 is 0.857 bits per heavy atom. The van der Waals surface area contributed by atoms with Crippen LogP contribution in [0.2, 0.25) is 0 Å². The molecule has 0 unspecified atom stereocenters. The number of methoxy groups -OCH3 is 1. The molecule has 2 aliphatic rings. The summed E-state index contributed by atoms with van der Waals surface area (Å²) in [4.78, 5) is 17.6. The molecule has 0 aromatic heterocycles. The molecule has 7 nitrogen and oxygen atoms in total. The maximum absolute atomic E-state index is 13.4. The first-order valence-electron chi connectivity index (χ1n) is 11.9. The molecule has 3 aromatic carbocycles. The standard InChI is InChI=1S/C27H29N3O4S/c1-34-24-12-10-23(11-13-24)28-15-5-16-29(19-18-28)27(31)22-7-4-8-25(20-22)35(32,33)30-17-14-21-6-2-3-9-26(21)30/h2-4,6-13,20H,5,14-19H2,1H3.